The molecule has 0 saturated heterocycles. The number of nitrogens with two attached hydrogens (primary N) is 1. The molecule has 106 valence electrons. The van der Waals surface area contributed by atoms with E-state index in [1.807, 2.05) is 6.92 Å². The van der Waals surface area contributed by atoms with Gasteiger partial charge in [-0.05, 0) is 49.8 Å². The van der Waals surface area contributed by atoms with Crippen molar-refractivity contribution in [1.82, 2.24) is 9.78 Å². The molecule has 3 heteroatoms. The van der Waals surface area contributed by atoms with E-state index in [9.17, 15) is 0 Å². The molecule has 0 radical (unpaired) electrons. The molecule has 1 aliphatic carbocycles. The van der Waals surface area contributed by atoms with Gasteiger partial charge >= 0.3 is 0 Å². The summed E-state index contributed by atoms with van der Waals surface area (Å²) in [7, 11) is 0. The minimum atomic E-state index is 0.181. The van der Waals surface area contributed by atoms with Crippen LogP contribution in [-0.2, 0) is 19.4 Å². The minimum Gasteiger partial charge on any atom is -0.327 e. The lowest BCUT2D eigenvalue weighted by molar-refractivity contribution is 0.500. The van der Waals surface area contributed by atoms with Crippen LogP contribution in [-0.4, -0.2) is 15.8 Å². The fraction of sp³-hybridized carbons (Fsp3) is 0.471. The van der Waals surface area contributed by atoms with Crippen LogP contribution in [0.3, 0.4) is 0 Å². The number of hydrogen-bond donors (Lipinski definition) is 1. The Hall–Kier alpha value is -1.61. The lowest BCUT2D eigenvalue weighted by Crippen LogP contribution is -2.30. The summed E-state index contributed by atoms with van der Waals surface area (Å²) in [5.74, 6) is 0.492. The van der Waals surface area contributed by atoms with E-state index in [1.54, 1.807) is 0 Å². The number of aryl methyl sites for hydroxylation is 3. The van der Waals surface area contributed by atoms with Gasteiger partial charge in [-0.2, -0.15) is 5.10 Å². The van der Waals surface area contributed by atoms with Gasteiger partial charge in [-0.15, -0.1) is 0 Å². The molecular weight excluding hydrogens is 246 g/mol. The van der Waals surface area contributed by atoms with Gasteiger partial charge in [0.15, 0.2) is 0 Å². The van der Waals surface area contributed by atoms with Crippen molar-refractivity contribution in [1.29, 1.82) is 0 Å². The van der Waals surface area contributed by atoms with E-state index >= 15 is 0 Å². The van der Waals surface area contributed by atoms with Crippen molar-refractivity contribution in [2.75, 3.05) is 0 Å². The van der Waals surface area contributed by atoms with Gasteiger partial charge in [-0.25, -0.2) is 0 Å². The predicted molar refractivity (Wildman–Crippen MR) is 81.8 cm³/mol. The van der Waals surface area contributed by atoms with Crippen LogP contribution in [0.5, 0.6) is 0 Å². The Morgan fingerprint density at radius 2 is 2.20 bits per heavy atom. The third-order valence-corrected chi connectivity index (χ3v) is 4.43. The average molecular weight is 269 g/mol. The second-order valence-electron chi connectivity index (χ2n) is 5.80. The molecule has 1 heterocycles. The second-order valence-corrected chi connectivity index (χ2v) is 5.80. The maximum absolute atomic E-state index is 6.52. The number of hydrogen-bond acceptors (Lipinski definition) is 2. The summed E-state index contributed by atoms with van der Waals surface area (Å²) >= 11 is 0. The number of aromatic nitrogens is 2. The Balaban J connectivity index is 1.79. The molecule has 1 aliphatic rings. The van der Waals surface area contributed by atoms with Crippen molar-refractivity contribution in [3.8, 4) is 0 Å². The Morgan fingerprint density at radius 3 is 3.00 bits per heavy atom. The van der Waals surface area contributed by atoms with Crippen LogP contribution in [0.15, 0.2) is 30.3 Å². The van der Waals surface area contributed by atoms with E-state index in [1.165, 1.54) is 29.7 Å². The Kier molecular flexibility index (Phi) is 3.62. The molecule has 2 N–H and O–H groups in total. The van der Waals surface area contributed by atoms with Gasteiger partial charge in [0.25, 0.3) is 0 Å². The molecule has 2 unspecified atom stereocenters. The summed E-state index contributed by atoms with van der Waals surface area (Å²) in [4.78, 5) is 0. The standard InChI is InChI=1S/C17H23N3/c1-3-20-14(10-12(2)19-20)11-17(18)16-9-8-13-6-4-5-7-15(13)16/h4-7,10,16-17H,3,8-9,11,18H2,1-2H3. The molecule has 0 saturated carbocycles. The molecule has 2 aromatic rings. The fourth-order valence-electron chi connectivity index (χ4n) is 3.46. The second kappa shape index (κ2) is 5.41. The third kappa shape index (κ3) is 2.38. The minimum absolute atomic E-state index is 0.181. The molecule has 2 atom stereocenters. The number of fused-ring (bicyclic) bond motifs is 1. The molecule has 20 heavy (non-hydrogen) atoms. The first kappa shape index (κ1) is 13.4. The first-order valence-electron chi connectivity index (χ1n) is 7.55. The largest absolute Gasteiger partial charge is 0.327 e. The Bertz CT molecular complexity index is 600. The summed E-state index contributed by atoms with van der Waals surface area (Å²) in [5.41, 5.74) is 11.8. The van der Waals surface area contributed by atoms with Crippen LogP contribution in [0.25, 0.3) is 0 Å². The SMILES string of the molecule is CCn1nc(C)cc1CC(N)C1CCc2ccccc21. The maximum atomic E-state index is 6.52. The molecule has 0 amide bonds. The maximum Gasteiger partial charge on any atom is 0.0596 e. The van der Waals surface area contributed by atoms with Gasteiger partial charge < -0.3 is 5.73 Å². The van der Waals surface area contributed by atoms with Crippen LogP contribution >= 0.6 is 0 Å². The van der Waals surface area contributed by atoms with Crippen molar-refractivity contribution in [3.05, 3.63) is 52.8 Å². The summed E-state index contributed by atoms with van der Waals surface area (Å²) < 4.78 is 2.08. The van der Waals surface area contributed by atoms with Gasteiger partial charge in [0.05, 0.1) is 5.69 Å². The van der Waals surface area contributed by atoms with Crippen molar-refractivity contribution >= 4 is 0 Å². The molecule has 0 fully saturated rings. The van der Waals surface area contributed by atoms with Crippen LogP contribution in [0.1, 0.15) is 41.8 Å². The molecule has 0 spiro atoms. The van der Waals surface area contributed by atoms with Crippen LogP contribution in [0.2, 0.25) is 0 Å². The molecule has 0 bridgehead atoms. The number of nitrogens with zero attached hydrogens (tertiary/aromatic N) is 2. The van der Waals surface area contributed by atoms with Crippen molar-refractivity contribution in [2.24, 2.45) is 5.73 Å². The monoisotopic (exact) mass is 269 g/mol. The highest BCUT2D eigenvalue weighted by atomic mass is 15.3. The van der Waals surface area contributed by atoms with E-state index in [0.29, 0.717) is 5.92 Å². The molecule has 1 aromatic carbocycles. The lowest BCUT2D eigenvalue weighted by Gasteiger charge is -2.20. The van der Waals surface area contributed by atoms with Gasteiger partial charge in [-0.1, -0.05) is 24.3 Å². The van der Waals surface area contributed by atoms with Gasteiger partial charge in [0.2, 0.25) is 0 Å². The van der Waals surface area contributed by atoms with Crippen LogP contribution in [0.4, 0.5) is 0 Å². The first-order valence-corrected chi connectivity index (χ1v) is 7.55. The highest BCUT2D eigenvalue weighted by Gasteiger charge is 2.28. The van der Waals surface area contributed by atoms with Crippen molar-refractivity contribution < 1.29 is 0 Å². The van der Waals surface area contributed by atoms with Gasteiger partial charge in [0.1, 0.15) is 0 Å². The Morgan fingerprint density at radius 1 is 1.40 bits per heavy atom. The number of rotatable bonds is 4. The topological polar surface area (TPSA) is 43.8 Å². The summed E-state index contributed by atoms with van der Waals surface area (Å²) in [6, 6.07) is 11.1. The zero-order valence-electron chi connectivity index (χ0n) is 12.3. The zero-order valence-corrected chi connectivity index (χ0v) is 12.3. The summed E-state index contributed by atoms with van der Waals surface area (Å²) in [5, 5.41) is 4.51. The van der Waals surface area contributed by atoms with E-state index in [2.05, 4.69) is 47.0 Å². The van der Waals surface area contributed by atoms with E-state index in [4.69, 9.17) is 5.73 Å². The summed E-state index contributed by atoms with van der Waals surface area (Å²) in [6.45, 7) is 5.09. The molecule has 3 rings (SSSR count). The predicted octanol–water partition coefficient (Wildman–Crippen LogP) is 2.81. The first-order chi connectivity index (χ1) is 9.69. The fourth-order valence-corrected chi connectivity index (χ4v) is 3.46. The van der Waals surface area contributed by atoms with E-state index < -0.39 is 0 Å². The molecule has 3 nitrogen and oxygen atoms in total. The zero-order chi connectivity index (χ0) is 14.1. The molecule has 0 aliphatic heterocycles. The highest BCUT2D eigenvalue weighted by Crippen LogP contribution is 2.35. The lowest BCUT2D eigenvalue weighted by atomic mass is 9.91. The normalized spacial score (nSPS) is 19.1. The van der Waals surface area contributed by atoms with Crippen LogP contribution < -0.4 is 5.73 Å². The Labute approximate surface area is 120 Å². The molecular formula is C17H23N3. The van der Waals surface area contributed by atoms with Crippen molar-refractivity contribution in [2.45, 2.75) is 51.6 Å². The smallest absolute Gasteiger partial charge is 0.0596 e. The van der Waals surface area contributed by atoms with Crippen molar-refractivity contribution in [3.63, 3.8) is 0 Å². The van der Waals surface area contributed by atoms with E-state index in [-0.39, 0.29) is 6.04 Å². The quantitative estimate of drug-likeness (QED) is 0.927. The van der Waals surface area contributed by atoms with Crippen LogP contribution in [0, 0.1) is 6.92 Å². The number of benzene rings is 1. The van der Waals surface area contributed by atoms with Gasteiger partial charge in [-0.3, -0.25) is 4.68 Å². The molecule has 1 aromatic heterocycles. The van der Waals surface area contributed by atoms with E-state index in [0.717, 1.165) is 18.7 Å². The van der Waals surface area contributed by atoms with Gasteiger partial charge in [0, 0.05) is 24.7 Å². The third-order valence-electron chi connectivity index (χ3n) is 4.43. The summed E-state index contributed by atoms with van der Waals surface area (Å²) in [6.07, 6.45) is 3.26. The highest BCUT2D eigenvalue weighted by molar-refractivity contribution is 5.36. The average Bonchev–Trinajstić information content (AvgIpc) is 3.02.